The summed E-state index contributed by atoms with van der Waals surface area (Å²) < 4.78 is 25.7. The van der Waals surface area contributed by atoms with Gasteiger partial charge in [0.15, 0.2) is 0 Å². The van der Waals surface area contributed by atoms with Gasteiger partial charge in [-0.05, 0) is 36.6 Å². The number of nitrogens with zero attached hydrogens (tertiary/aromatic N) is 2. The summed E-state index contributed by atoms with van der Waals surface area (Å²) in [5.41, 5.74) is 2.39. The van der Waals surface area contributed by atoms with Gasteiger partial charge in [0.1, 0.15) is 0 Å². The Morgan fingerprint density at radius 1 is 1.32 bits per heavy atom. The molecule has 1 saturated carbocycles. The number of carbonyl (C=O) groups is 1. The summed E-state index contributed by atoms with van der Waals surface area (Å²) in [6.07, 6.45) is 1.84. The first-order valence-corrected chi connectivity index (χ1v) is 7.79. The van der Waals surface area contributed by atoms with Crippen LogP contribution in [0.5, 0.6) is 0 Å². The molecule has 0 radical (unpaired) electrons. The van der Waals surface area contributed by atoms with E-state index in [0.717, 1.165) is 24.1 Å². The number of benzene rings is 1. The summed E-state index contributed by atoms with van der Waals surface area (Å²) in [4.78, 5) is 13.2. The Balaban J connectivity index is 1.96. The molecule has 0 saturated heterocycles. The maximum absolute atomic E-state index is 12.2. The first kappa shape index (κ1) is 12.5. The predicted molar refractivity (Wildman–Crippen MR) is 73.9 cm³/mol. The van der Waals surface area contributed by atoms with Crippen molar-refractivity contribution >= 4 is 27.3 Å². The molecule has 1 heterocycles. The maximum Gasteiger partial charge on any atom is 0.237 e. The predicted octanol–water partition coefficient (Wildman–Crippen LogP) is 1.13. The lowest BCUT2D eigenvalue weighted by atomic mass is 10.1. The van der Waals surface area contributed by atoms with E-state index in [2.05, 4.69) is 0 Å². The number of fused-ring (bicyclic) bond motifs is 1. The topological polar surface area (TPSA) is 57.7 Å². The first-order chi connectivity index (χ1) is 8.91. The summed E-state index contributed by atoms with van der Waals surface area (Å²) in [7, 11) is 0.0853. The highest BCUT2D eigenvalue weighted by atomic mass is 32.2. The maximum atomic E-state index is 12.2. The monoisotopic (exact) mass is 280 g/mol. The molecular weight excluding hydrogens is 264 g/mol. The molecule has 0 bridgehead atoms. The van der Waals surface area contributed by atoms with E-state index in [-0.39, 0.29) is 11.2 Å². The van der Waals surface area contributed by atoms with Crippen molar-refractivity contribution in [1.82, 2.24) is 0 Å². The third-order valence-corrected chi connectivity index (χ3v) is 6.12. The van der Waals surface area contributed by atoms with Crippen molar-refractivity contribution in [3.05, 3.63) is 23.8 Å². The summed E-state index contributed by atoms with van der Waals surface area (Å²) in [6, 6.07) is 5.37. The Kier molecular flexibility index (Phi) is 2.60. The lowest BCUT2D eigenvalue weighted by Gasteiger charge is -2.20. The second kappa shape index (κ2) is 3.96. The lowest BCUT2D eigenvalue weighted by molar-refractivity contribution is -0.117. The molecule has 102 valence electrons. The molecule has 2 aliphatic rings. The van der Waals surface area contributed by atoms with Gasteiger partial charge in [-0.2, -0.15) is 0 Å². The van der Waals surface area contributed by atoms with Gasteiger partial charge in [-0.1, -0.05) is 0 Å². The van der Waals surface area contributed by atoms with Gasteiger partial charge in [0, 0.05) is 19.8 Å². The zero-order valence-electron chi connectivity index (χ0n) is 11.0. The minimum atomic E-state index is -3.23. The third kappa shape index (κ3) is 1.90. The van der Waals surface area contributed by atoms with Crippen LogP contribution in [0.2, 0.25) is 0 Å². The highest BCUT2D eigenvalue weighted by Crippen LogP contribution is 2.35. The number of carbonyl (C=O) groups excluding carboxylic acids is 1. The fourth-order valence-electron chi connectivity index (χ4n) is 2.39. The molecule has 1 fully saturated rings. The molecule has 1 amide bonds. The van der Waals surface area contributed by atoms with E-state index in [9.17, 15) is 13.2 Å². The van der Waals surface area contributed by atoms with Gasteiger partial charge >= 0.3 is 0 Å². The number of hydrogen-bond donors (Lipinski definition) is 0. The quantitative estimate of drug-likeness (QED) is 0.834. The normalized spacial score (nSPS) is 18.6. The summed E-state index contributed by atoms with van der Waals surface area (Å²) in [6.45, 7) is 0. The molecule has 1 aliphatic heterocycles. The highest BCUT2D eigenvalue weighted by Gasteiger charge is 2.39. The zero-order valence-corrected chi connectivity index (χ0v) is 11.8. The Morgan fingerprint density at radius 3 is 2.63 bits per heavy atom. The average molecular weight is 280 g/mol. The number of likely N-dealkylation sites (N-methyl/N-ethyl adjacent to an activating group) is 1. The summed E-state index contributed by atoms with van der Waals surface area (Å²) >= 11 is 0. The minimum Gasteiger partial charge on any atom is -0.315 e. The second-order valence-electron chi connectivity index (χ2n) is 5.15. The molecule has 6 heteroatoms. The van der Waals surface area contributed by atoms with E-state index in [4.69, 9.17) is 0 Å². The van der Waals surface area contributed by atoms with Crippen LogP contribution in [0.1, 0.15) is 18.4 Å². The smallest absolute Gasteiger partial charge is 0.237 e. The van der Waals surface area contributed by atoms with Crippen molar-refractivity contribution in [3.8, 4) is 0 Å². The molecule has 0 spiro atoms. The summed E-state index contributed by atoms with van der Waals surface area (Å²) in [5.74, 6) is 0.0415. The zero-order chi connectivity index (χ0) is 13.8. The highest BCUT2D eigenvalue weighted by molar-refractivity contribution is 7.93. The van der Waals surface area contributed by atoms with Crippen molar-refractivity contribution in [2.45, 2.75) is 24.5 Å². The molecule has 19 heavy (non-hydrogen) atoms. The van der Waals surface area contributed by atoms with Gasteiger partial charge in [-0.25, -0.2) is 8.42 Å². The fraction of sp³-hybridized carbons (Fsp3) is 0.462. The Hall–Kier alpha value is -1.56. The Morgan fingerprint density at radius 2 is 2.00 bits per heavy atom. The van der Waals surface area contributed by atoms with Crippen LogP contribution < -0.4 is 9.21 Å². The number of rotatable bonds is 3. The van der Waals surface area contributed by atoms with Crippen molar-refractivity contribution in [2.75, 3.05) is 23.3 Å². The Labute approximate surface area is 112 Å². The number of amides is 1. The van der Waals surface area contributed by atoms with Gasteiger partial charge in [0.25, 0.3) is 0 Å². The molecule has 0 unspecified atom stereocenters. The summed E-state index contributed by atoms with van der Waals surface area (Å²) in [5, 5.41) is -0.227. The number of anilines is 2. The van der Waals surface area contributed by atoms with E-state index >= 15 is 0 Å². The molecule has 1 aromatic carbocycles. The molecule has 3 rings (SSSR count). The van der Waals surface area contributed by atoms with Crippen molar-refractivity contribution < 1.29 is 13.2 Å². The van der Waals surface area contributed by atoms with Crippen molar-refractivity contribution in [3.63, 3.8) is 0 Å². The van der Waals surface area contributed by atoms with Crippen molar-refractivity contribution in [2.24, 2.45) is 0 Å². The Bertz CT molecular complexity index is 650. The van der Waals surface area contributed by atoms with Crippen LogP contribution >= 0.6 is 0 Å². The number of sulfonamides is 1. The standard InChI is InChI=1S/C13H16N2O3S/c1-14-12-6-3-10(7-9(12)8-13(14)16)15(2)19(17,18)11-4-5-11/h3,6-7,11H,4-5,8H2,1-2H3. The van der Waals surface area contributed by atoms with Crippen LogP contribution in [0.3, 0.4) is 0 Å². The van der Waals surface area contributed by atoms with Crippen LogP contribution in [0, 0.1) is 0 Å². The van der Waals surface area contributed by atoms with Crippen molar-refractivity contribution in [1.29, 1.82) is 0 Å². The first-order valence-electron chi connectivity index (χ1n) is 6.28. The SMILES string of the molecule is CN1C(=O)Cc2cc(N(C)S(=O)(=O)C3CC3)ccc21. The average Bonchev–Trinajstić information content (AvgIpc) is 3.18. The molecular formula is C13H16N2O3S. The minimum absolute atomic E-state index is 0.0415. The van der Waals surface area contributed by atoms with Gasteiger partial charge in [-0.3, -0.25) is 9.10 Å². The van der Waals surface area contributed by atoms with Gasteiger partial charge in [-0.15, -0.1) is 0 Å². The molecule has 0 aromatic heterocycles. The van der Waals surface area contributed by atoms with Gasteiger partial charge in [0.2, 0.25) is 15.9 Å². The molecule has 0 atom stereocenters. The second-order valence-corrected chi connectivity index (χ2v) is 7.40. The van der Waals surface area contributed by atoms with Crippen LogP contribution in [0.25, 0.3) is 0 Å². The molecule has 1 aromatic rings. The van der Waals surface area contributed by atoms with E-state index in [1.54, 1.807) is 31.1 Å². The van der Waals surface area contributed by atoms with Crippen LogP contribution in [0.15, 0.2) is 18.2 Å². The lowest BCUT2D eigenvalue weighted by Crippen LogP contribution is -2.29. The van der Waals surface area contributed by atoms with Crippen LogP contribution in [0.4, 0.5) is 11.4 Å². The van der Waals surface area contributed by atoms with Gasteiger partial charge in [0.05, 0.1) is 17.4 Å². The molecule has 5 nitrogen and oxygen atoms in total. The van der Waals surface area contributed by atoms with E-state index in [1.807, 2.05) is 6.07 Å². The van der Waals surface area contributed by atoms with Gasteiger partial charge < -0.3 is 4.90 Å². The van der Waals surface area contributed by atoms with Crippen LogP contribution in [-0.2, 0) is 21.2 Å². The number of hydrogen-bond acceptors (Lipinski definition) is 3. The van der Waals surface area contributed by atoms with E-state index < -0.39 is 10.0 Å². The third-order valence-electron chi connectivity index (χ3n) is 3.83. The molecule has 1 aliphatic carbocycles. The van der Waals surface area contributed by atoms with Crippen LogP contribution in [-0.4, -0.2) is 33.7 Å². The molecule has 0 N–H and O–H groups in total. The fourth-order valence-corrected chi connectivity index (χ4v) is 3.98. The van der Waals surface area contributed by atoms with E-state index in [0.29, 0.717) is 12.1 Å². The van der Waals surface area contributed by atoms with E-state index in [1.165, 1.54) is 4.31 Å². The largest absolute Gasteiger partial charge is 0.315 e.